The van der Waals surface area contributed by atoms with Gasteiger partial charge in [-0.1, -0.05) is 103 Å². The van der Waals surface area contributed by atoms with Crippen LogP contribution in [0.15, 0.2) is 88.5 Å². The Kier molecular flexibility index (Phi) is 4.81. The molecule has 4 rings (SSSR count). The minimum absolute atomic E-state index is 0.0158. The Balaban J connectivity index is 1.88. The average Bonchev–Trinajstić information content (AvgIpc) is 2.91. The fourth-order valence-corrected chi connectivity index (χ4v) is 4.51. The van der Waals surface area contributed by atoms with Crippen molar-refractivity contribution in [1.29, 1.82) is 0 Å². The molecule has 0 atom stereocenters. The fraction of sp³-hybridized carbons (Fsp3) is 0.154. The van der Waals surface area contributed by atoms with Crippen LogP contribution in [0.3, 0.4) is 0 Å². The molecule has 1 heteroatoms. The smallest absolute Gasteiger partial charge is 0.0155 e. The molecule has 0 bridgehead atoms. The van der Waals surface area contributed by atoms with E-state index in [1.807, 2.05) is 0 Å². The Bertz CT molecular complexity index is 1110. The molecule has 0 spiro atoms. The monoisotopic (exact) mass is 462 g/mol. The summed E-state index contributed by atoms with van der Waals surface area (Å²) in [5, 5.41) is 2.58. The lowest BCUT2D eigenvalue weighted by Crippen LogP contribution is -2.15. The van der Waals surface area contributed by atoms with E-state index >= 15 is 0 Å². The second-order valence-corrected chi connectivity index (χ2v) is 8.27. The highest BCUT2D eigenvalue weighted by molar-refractivity contribution is 14.1. The number of rotatable bonds is 2. The maximum atomic E-state index is 2.39. The number of hydrogen-bond donors (Lipinski definition) is 0. The summed E-state index contributed by atoms with van der Waals surface area (Å²) in [5.74, 6) is 0. The first-order valence-electron chi connectivity index (χ1n) is 9.34. The second-order valence-electron chi connectivity index (χ2n) is 7.55. The molecule has 0 amide bonds. The molecule has 0 saturated carbocycles. The third-order valence-corrected chi connectivity index (χ3v) is 6.07. The number of halogens is 1. The standard InChI is InChI=1S/C26H23I/c1-4-24-22(10-7-15-27)23-14-13-21(17-25(23)26(24,2)3)20-12-11-18-8-5-6-9-19(18)16-20/h4-17H,1-3H3/b15-7+,22-10-,24-4+. The highest BCUT2D eigenvalue weighted by Gasteiger charge is 2.37. The summed E-state index contributed by atoms with van der Waals surface area (Å²) in [4.78, 5) is 0. The van der Waals surface area contributed by atoms with Crippen LogP contribution in [-0.4, -0.2) is 0 Å². The molecule has 0 radical (unpaired) electrons. The van der Waals surface area contributed by atoms with Gasteiger partial charge in [0.05, 0.1) is 0 Å². The summed E-state index contributed by atoms with van der Waals surface area (Å²) in [6.07, 6.45) is 6.63. The third kappa shape index (κ3) is 3.08. The lowest BCUT2D eigenvalue weighted by atomic mass is 9.81. The lowest BCUT2D eigenvalue weighted by Gasteiger charge is -2.22. The summed E-state index contributed by atoms with van der Waals surface area (Å²) in [7, 11) is 0. The van der Waals surface area contributed by atoms with E-state index in [1.54, 1.807) is 0 Å². The number of benzene rings is 3. The highest BCUT2D eigenvalue weighted by atomic mass is 127. The molecule has 0 nitrogen and oxygen atoms in total. The quantitative estimate of drug-likeness (QED) is 0.338. The van der Waals surface area contributed by atoms with Crippen LogP contribution in [0.5, 0.6) is 0 Å². The van der Waals surface area contributed by atoms with Gasteiger partial charge >= 0.3 is 0 Å². The van der Waals surface area contributed by atoms with E-state index in [4.69, 9.17) is 0 Å². The van der Waals surface area contributed by atoms with E-state index in [9.17, 15) is 0 Å². The van der Waals surface area contributed by atoms with Crippen molar-refractivity contribution in [2.45, 2.75) is 26.2 Å². The lowest BCUT2D eigenvalue weighted by molar-refractivity contribution is 0.660. The first kappa shape index (κ1) is 18.2. The molecule has 3 aromatic rings. The van der Waals surface area contributed by atoms with Gasteiger partial charge in [0.25, 0.3) is 0 Å². The summed E-state index contributed by atoms with van der Waals surface area (Å²) >= 11 is 2.28. The van der Waals surface area contributed by atoms with Crippen molar-refractivity contribution in [3.63, 3.8) is 0 Å². The maximum absolute atomic E-state index is 2.39. The summed E-state index contributed by atoms with van der Waals surface area (Å²) in [6, 6.07) is 22.2. The van der Waals surface area contributed by atoms with Crippen LogP contribution in [0.1, 0.15) is 31.9 Å². The minimum Gasteiger partial charge on any atom is -0.0829 e. The molecule has 0 saturated heterocycles. The van der Waals surface area contributed by atoms with Crippen LogP contribution >= 0.6 is 22.6 Å². The molecular formula is C26H23I. The van der Waals surface area contributed by atoms with Gasteiger partial charge in [-0.15, -0.1) is 0 Å². The van der Waals surface area contributed by atoms with Gasteiger partial charge in [-0.3, -0.25) is 0 Å². The van der Waals surface area contributed by atoms with Crippen molar-refractivity contribution in [2.75, 3.05) is 0 Å². The molecule has 0 heterocycles. The van der Waals surface area contributed by atoms with Crippen molar-refractivity contribution >= 4 is 38.9 Å². The van der Waals surface area contributed by atoms with Crippen LogP contribution in [0.4, 0.5) is 0 Å². The molecule has 1 aliphatic carbocycles. The molecule has 0 fully saturated rings. The number of fused-ring (bicyclic) bond motifs is 2. The van der Waals surface area contributed by atoms with Crippen molar-refractivity contribution in [1.82, 2.24) is 0 Å². The van der Waals surface area contributed by atoms with E-state index < -0.39 is 0 Å². The molecule has 134 valence electrons. The normalized spacial score (nSPS) is 18.7. The Morgan fingerprint density at radius 1 is 0.852 bits per heavy atom. The number of allylic oxidation sites excluding steroid dienone is 5. The molecule has 0 unspecified atom stereocenters. The molecular weight excluding hydrogens is 439 g/mol. The predicted octanol–water partition coefficient (Wildman–Crippen LogP) is 8.08. The summed E-state index contributed by atoms with van der Waals surface area (Å²) in [6.45, 7) is 6.81. The fourth-order valence-electron chi connectivity index (χ4n) is 4.30. The zero-order valence-corrected chi connectivity index (χ0v) is 18.1. The SMILES string of the molecule is C\C=C1/C(=C\C=C\I)c2ccc(-c3ccc4ccccc4c3)cc2C1(C)C. The van der Waals surface area contributed by atoms with E-state index in [0.717, 1.165) is 0 Å². The Hall–Kier alpha value is -2.13. The first-order chi connectivity index (χ1) is 13.1. The molecule has 1 aliphatic rings. The van der Waals surface area contributed by atoms with Gasteiger partial charge in [0.1, 0.15) is 0 Å². The van der Waals surface area contributed by atoms with Crippen molar-refractivity contribution in [2.24, 2.45) is 0 Å². The predicted molar refractivity (Wildman–Crippen MR) is 127 cm³/mol. The van der Waals surface area contributed by atoms with Crippen LogP contribution in [0.25, 0.3) is 27.5 Å². The Labute approximate surface area is 175 Å². The van der Waals surface area contributed by atoms with Gasteiger partial charge in [-0.05, 0) is 67.3 Å². The molecule has 3 aromatic carbocycles. The Morgan fingerprint density at radius 2 is 1.56 bits per heavy atom. The average molecular weight is 462 g/mol. The van der Waals surface area contributed by atoms with Crippen molar-refractivity contribution in [3.05, 3.63) is 99.7 Å². The molecule has 0 aliphatic heterocycles. The third-order valence-electron chi connectivity index (χ3n) is 5.65. The van der Waals surface area contributed by atoms with Crippen molar-refractivity contribution in [3.8, 4) is 11.1 Å². The van der Waals surface area contributed by atoms with Gasteiger partial charge < -0.3 is 0 Å². The summed E-state index contributed by atoms with van der Waals surface area (Å²) < 4.78 is 2.06. The highest BCUT2D eigenvalue weighted by Crippen LogP contribution is 2.50. The van der Waals surface area contributed by atoms with Crippen molar-refractivity contribution < 1.29 is 0 Å². The zero-order chi connectivity index (χ0) is 19.0. The van der Waals surface area contributed by atoms with Gasteiger partial charge in [-0.2, -0.15) is 0 Å². The van der Waals surface area contributed by atoms with E-state index in [-0.39, 0.29) is 5.41 Å². The van der Waals surface area contributed by atoms with Gasteiger partial charge in [0.2, 0.25) is 0 Å². The molecule has 0 aromatic heterocycles. The van der Waals surface area contributed by atoms with E-state index in [0.29, 0.717) is 0 Å². The van der Waals surface area contributed by atoms with Gasteiger partial charge in [0.15, 0.2) is 0 Å². The minimum atomic E-state index is 0.0158. The number of hydrogen-bond acceptors (Lipinski definition) is 0. The van der Waals surface area contributed by atoms with Crippen LogP contribution < -0.4 is 0 Å². The molecule has 0 N–H and O–H groups in total. The largest absolute Gasteiger partial charge is 0.0829 e. The first-order valence-corrected chi connectivity index (χ1v) is 10.6. The van der Waals surface area contributed by atoms with Crippen LogP contribution in [-0.2, 0) is 5.41 Å². The van der Waals surface area contributed by atoms with E-state index in [1.165, 1.54) is 44.2 Å². The van der Waals surface area contributed by atoms with Crippen LogP contribution in [0, 0.1) is 0 Å². The van der Waals surface area contributed by atoms with Gasteiger partial charge in [-0.25, -0.2) is 0 Å². The van der Waals surface area contributed by atoms with Crippen LogP contribution in [0.2, 0.25) is 0 Å². The zero-order valence-electron chi connectivity index (χ0n) is 16.0. The maximum Gasteiger partial charge on any atom is 0.0155 e. The van der Waals surface area contributed by atoms with E-state index in [2.05, 4.69) is 126 Å². The molecule has 27 heavy (non-hydrogen) atoms. The Morgan fingerprint density at radius 3 is 2.30 bits per heavy atom. The topological polar surface area (TPSA) is 0 Å². The second kappa shape index (κ2) is 7.12. The summed E-state index contributed by atoms with van der Waals surface area (Å²) in [5.41, 5.74) is 8.09. The van der Waals surface area contributed by atoms with Gasteiger partial charge in [0, 0.05) is 5.41 Å².